The number of carbonyl (C=O) groups is 1. The van der Waals surface area contributed by atoms with Crippen LogP contribution in [-0.2, 0) is 26.3 Å². The zero-order chi connectivity index (χ0) is 13.8. The Bertz CT molecular complexity index is 422. The van der Waals surface area contributed by atoms with Crippen LogP contribution in [0.15, 0.2) is 18.2 Å². The highest BCUT2D eigenvalue weighted by Gasteiger charge is 2.15. The number of benzene rings is 1. The van der Waals surface area contributed by atoms with Crippen LogP contribution in [0.4, 0.5) is 0 Å². The summed E-state index contributed by atoms with van der Waals surface area (Å²) < 4.78 is 9.76. The second kappa shape index (κ2) is 6.21. The number of esters is 1. The lowest BCUT2D eigenvalue weighted by molar-refractivity contribution is -0.146. The molecule has 0 aliphatic rings. The van der Waals surface area contributed by atoms with Crippen molar-refractivity contribution in [3.05, 3.63) is 34.3 Å². The first kappa shape index (κ1) is 15.0. The van der Waals surface area contributed by atoms with Crippen molar-refractivity contribution in [2.45, 2.75) is 32.8 Å². The molecule has 0 aromatic heterocycles. The minimum Gasteiger partial charge on any atom is -0.467 e. The molecular formula is C14H19ClO3. The van der Waals surface area contributed by atoms with E-state index in [1.54, 1.807) is 0 Å². The lowest BCUT2D eigenvalue weighted by Gasteiger charge is -2.20. The second-order valence-corrected chi connectivity index (χ2v) is 5.53. The molecule has 0 fully saturated rings. The summed E-state index contributed by atoms with van der Waals surface area (Å²) in [6.45, 7) is 6.64. The Morgan fingerprint density at radius 1 is 1.33 bits per heavy atom. The largest absolute Gasteiger partial charge is 0.467 e. The van der Waals surface area contributed by atoms with Gasteiger partial charge in [0.15, 0.2) is 0 Å². The van der Waals surface area contributed by atoms with Gasteiger partial charge in [0.2, 0.25) is 0 Å². The Hall–Kier alpha value is -1.06. The average molecular weight is 271 g/mol. The number of hydrogen-bond acceptors (Lipinski definition) is 3. The summed E-state index contributed by atoms with van der Waals surface area (Å²) in [7, 11) is 1.33. The highest BCUT2D eigenvalue weighted by molar-refractivity contribution is 6.31. The van der Waals surface area contributed by atoms with E-state index in [2.05, 4.69) is 25.5 Å². The third-order valence-corrected chi connectivity index (χ3v) is 2.99. The van der Waals surface area contributed by atoms with E-state index in [0.29, 0.717) is 11.6 Å². The Morgan fingerprint density at radius 2 is 2.00 bits per heavy atom. The molecule has 0 aliphatic carbocycles. The minimum atomic E-state index is -0.391. The van der Waals surface area contributed by atoms with E-state index in [1.165, 1.54) is 12.7 Å². The topological polar surface area (TPSA) is 35.5 Å². The minimum absolute atomic E-state index is 0.0572. The molecule has 0 aliphatic heterocycles. The van der Waals surface area contributed by atoms with Gasteiger partial charge in [-0.05, 0) is 22.6 Å². The molecule has 18 heavy (non-hydrogen) atoms. The summed E-state index contributed by atoms with van der Waals surface area (Å²) in [6, 6.07) is 5.88. The van der Waals surface area contributed by atoms with Crippen LogP contribution in [0.1, 0.15) is 31.9 Å². The first-order chi connectivity index (χ1) is 8.34. The molecule has 0 bridgehead atoms. The van der Waals surface area contributed by atoms with Gasteiger partial charge < -0.3 is 9.47 Å². The van der Waals surface area contributed by atoms with E-state index in [4.69, 9.17) is 16.3 Å². The van der Waals surface area contributed by atoms with Crippen LogP contribution < -0.4 is 0 Å². The fraction of sp³-hybridized carbons (Fsp3) is 0.500. The summed E-state index contributed by atoms with van der Waals surface area (Å²) in [4.78, 5) is 10.9. The zero-order valence-electron chi connectivity index (χ0n) is 11.2. The summed E-state index contributed by atoms with van der Waals surface area (Å²) >= 11 is 6.10. The highest BCUT2D eigenvalue weighted by atomic mass is 35.5. The third kappa shape index (κ3) is 4.31. The molecule has 100 valence electrons. The second-order valence-electron chi connectivity index (χ2n) is 5.13. The summed E-state index contributed by atoms with van der Waals surface area (Å²) in [5, 5.41) is 0.646. The van der Waals surface area contributed by atoms with E-state index in [-0.39, 0.29) is 12.0 Å². The first-order valence-corrected chi connectivity index (χ1v) is 6.16. The lowest BCUT2D eigenvalue weighted by atomic mass is 9.86. The molecule has 0 saturated heterocycles. The normalized spacial score (nSPS) is 11.4. The lowest BCUT2D eigenvalue weighted by Crippen LogP contribution is -2.13. The number of halogens is 1. The van der Waals surface area contributed by atoms with Crippen molar-refractivity contribution in [3.63, 3.8) is 0 Å². The van der Waals surface area contributed by atoms with Crippen molar-refractivity contribution >= 4 is 17.6 Å². The smallest absolute Gasteiger partial charge is 0.331 e. The fourth-order valence-electron chi connectivity index (χ4n) is 1.46. The predicted octanol–water partition coefficient (Wildman–Crippen LogP) is 3.33. The van der Waals surface area contributed by atoms with E-state index in [0.717, 1.165) is 5.56 Å². The molecular weight excluding hydrogens is 252 g/mol. The number of methoxy groups -OCH3 is 1. The van der Waals surface area contributed by atoms with E-state index >= 15 is 0 Å². The number of carbonyl (C=O) groups excluding carboxylic acids is 1. The van der Waals surface area contributed by atoms with E-state index in [9.17, 15) is 4.79 Å². The van der Waals surface area contributed by atoms with Crippen molar-refractivity contribution in [3.8, 4) is 0 Å². The maximum absolute atomic E-state index is 10.9. The molecule has 0 N–H and O–H groups in total. The molecule has 1 aromatic carbocycles. The van der Waals surface area contributed by atoms with Crippen molar-refractivity contribution in [2.75, 3.05) is 13.7 Å². The van der Waals surface area contributed by atoms with Crippen LogP contribution >= 0.6 is 11.6 Å². The Balaban J connectivity index is 2.73. The van der Waals surface area contributed by atoms with Gasteiger partial charge in [-0.2, -0.15) is 0 Å². The highest BCUT2D eigenvalue weighted by Crippen LogP contribution is 2.27. The van der Waals surface area contributed by atoms with Gasteiger partial charge in [0.05, 0.1) is 13.7 Å². The molecule has 0 amide bonds. The number of hydrogen-bond donors (Lipinski definition) is 0. The van der Waals surface area contributed by atoms with E-state index in [1.807, 2.05) is 18.2 Å². The third-order valence-electron chi connectivity index (χ3n) is 2.62. The molecule has 1 rings (SSSR count). The van der Waals surface area contributed by atoms with Crippen LogP contribution in [0.2, 0.25) is 5.02 Å². The van der Waals surface area contributed by atoms with Crippen LogP contribution in [0, 0.1) is 0 Å². The van der Waals surface area contributed by atoms with Crippen LogP contribution in [-0.4, -0.2) is 19.7 Å². The summed E-state index contributed by atoms with van der Waals surface area (Å²) in [5.41, 5.74) is 2.12. The molecule has 1 aromatic rings. The van der Waals surface area contributed by atoms with Gasteiger partial charge in [0.1, 0.15) is 6.61 Å². The maximum Gasteiger partial charge on any atom is 0.331 e. The van der Waals surface area contributed by atoms with Gasteiger partial charge in [-0.3, -0.25) is 0 Å². The molecule has 0 atom stereocenters. The standard InChI is InChI=1S/C14H19ClO3/c1-14(2,3)11-5-6-12(15)10(7-11)8-18-9-13(16)17-4/h5-7H,8-9H2,1-4H3. The predicted molar refractivity (Wildman–Crippen MR) is 71.8 cm³/mol. The monoisotopic (exact) mass is 270 g/mol. The molecule has 0 heterocycles. The molecule has 0 spiro atoms. The summed E-state index contributed by atoms with van der Waals surface area (Å²) in [6.07, 6.45) is 0. The van der Waals surface area contributed by atoms with E-state index < -0.39 is 5.97 Å². The van der Waals surface area contributed by atoms with Gasteiger partial charge in [0, 0.05) is 5.02 Å². The quantitative estimate of drug-likeness (QED) is 0.788. The van der Waals surface area contributed by atoms with Gasteiger partial charge >= 0.3 is 5.97 Å². The SMILES string of the molecule is COC(=O)COCc1cc(C(C)(C)C)ccc1Cl. The molecule has 0 unspecified atom stereocenters. The van der Waals surface area contributed by atoms with Crippen LogP contribution in [0.5, 0.6) is 0 Å². The zero-order valence-corrected chi connectivity index (χ0v) is 12.0. The fourth-order valence-corrected chi connectivity index (χ4v) is 1.63. The van der Waals surface area contributed by atoms with Crippen LogP contribution in [0.25, 0.3) is 0 Å². The van der Waals surface area contributed by atoms with Crippen molar-refractivity contribution in [1.29, 1.82) is 0 Å². The van der Waals surface area contributed by atoms with Gasteiger partial charge in [-0.15, -0.1) is 0 Å². The van der Waals surface area contributed by atoms with Gasteiger partial charge in [0.25, 0.3) is 0 Å². The van der Waals surface area contributed by atoms with Crippen molar-refractivity contribution < 1.29 is 14.3 Å². The molecule has 0 radical (unpaired) electrons. The van der Waals surface area contributed by atoms with Crippen molar-refractivity contribution in [2.24, 2.45) is 0 Å². The van der Waals surface area contributed by atoms with Crippen molar-refractivity contribution in [1.82, 2.24) is 0 Å². The average Bonchev–Trinajstić information content (AvgIpc) is 2.29. The number of rotatable bonds is 4. The Kier molecular flexibility index (Phi) is 5.17. The Labute approximate surface area is 113 Å². The molecule has 0 saturated carbocycles. The van der Waals surface area contributed by atoms with Gasteiger partial charge in [-0.25, -0.2) is 4.79 Å². The van der Waals surface area contributed by atoms with Gasteiger partial charge in [-0.1, -0.05) is 44.5 Å². The Morgan fingerprint density at radius 3 is 2.56 bits per heavy atom. The molecule has 4 heteroatoms. The first-order valence-electron chi connectivity index (χ1n) is 5.78. The number of ether oxygens (including phenoxy) is 2. The summed E-state index contributed by atoms with van der Waals surface area (Å²) in [5.74, 6) is -0.391. The maximum atomic E-state index is 10.9. The van der Waals surface area contributed by atoms with Crippen LogP contribution in [0.3, 0.4) is 0 Å². The molecule has 3 nitrogen and oxygen atoms in total.